The highest BCUT2D eigenvalue weighted by Crippen LogP contribution is 2.24. The molecular weight excluding hydrogens is 276 g/mol. The molecule has 1 heterocycles. The lowest BCUT2D eigenvalue weighted by Gasteiger charge is -2.34. The Kier molecular flexibility index (Phi) is 5.22. The van der Waals surface area contributed by atoms with E-state index in [1.807, 2.05) is 42.2 Å². The van der Waals surface area contributed by atoms with Crippen molar-refractivity contribution in [1.29, 1.82) is 0 Å². The average molecular weight is 302 g/mol. The first-order chi connectivity index (χ1) is 10.4. The predicted molar refractivity (Wildman–Crippen MR) is 87.2 cm³/mol. The first kappa shape index (κ1) is 16.5. The van der Waals surface area contributed by atoms with Crippen LogP contribution in [0.5, 0.6) is 0 Å². The molecule has 0 bridgehead atoms. The molecule has 2 amide bonds. The summed E-state index contributed by atoms with van der Waals surface area (Å²) in [5.74, 6) is -0.274. The van der Waals surface area contributed by atoms with Gasteiger partial charge in [-0.25, -0.2) is 0 Å². The van der Waals surface area contributed by atoms with E-state index in [1.165, 1.54) is 6.42 Å². The summed E-state index contributed by atoms with van der Waals surface area (Å²) in [6.45, 7) is 6.91. The quantitative estimate of drug-likeness (QED) is 0.869. The number of rotatable bonds is 4. The number of nitrogens with zero attached hydrogens (tertiary/aromatic N) is 1. The van der Waals surface area contributed by atoms with Crippen LogP contribution in [-0.4, -0.2) is 29.8 Å². The van der Waals surface area contributed by atoms with E-state index in [-0.39, 0.29) is 17.9 Å². The molecular formula is C18H26N2O2. The van der Waals surface area contributed by atoms with Gasteiger partial charge < -0.3 is 10.2 Å². The third-order valence-electron chi connectivity index (χ3n) is 4.39. The standard InChI is InChI=1S/C18H26N2O2/c1-14(15-10-6-4-7-11-15)19-16(21)18(2,3)17(22)20-12-8-5-9-13-20/h4,6-7,10-11,14H,5,8-9,12-13H2,1-3H3,(H,19,21). The van der Waals surface area contributed by atoms with Crippen LogP contribution in [0.3, 0.4) is 0 Å². The van der Waals surface area contributed by atoms with Gasteiger partial charge in [0, 0.05) is 13.1 Å². The van der Waals surface area contributed by atoms with Crippen molar-refractivity contribution in [3.8, 4) is 0 Å². The van der Waals surface area contributed by atoms with E-state index in [2.05, 4.69) is 5.32 Å². The van der Waals surface area contributed by atoms with Gasteiger partial charge in [-0.1, -0.05) is 30.3 Å². The maximum absolute atomic E-state index is 12.6. The Hall–Kier alpha value is -1.84. The fourth-order valence-electron chi connectivity index (χ4n) is 2.79. The molecule has 0 aliphatic carbocycles. The topological polar surface area (TPSA) is 49.4 Å². The van der Waals surface area contributed by atoms with Gasteiger partial charge in [0.1, 0.15) is 5.41 Å². The normalized spacial score (nSPS) is 17.0. The fourth-order valence-corrected chi connectivity index (χ4v) is 2.79. The van der Waals surface area contributed by atoms with Crippen LogP contribution >= 0.6 is 0 Å². The Bertz CT molecular complexity index is 519. The van der Waals surface area contributed by atoms with E-state index >= 15 is 0 Å². The molecule has 120 valence electrons. The van der Waals surface area contributed by atoms with Crippen LogP contribution < -0.4 is 5.32 Å². The van der Waals surface area contributed by atoms with Crippen molar-refractivity contribution in [3.05, 3.63) is 35.9 Å². The van der Waals surface area contributed by atoms with Crippen LogP contribution in [0.15, 0.2) is 30.3 Å². The lowest BCUT2D eigenvalue weighted by molar-refractivity contribution is -0.149. The van der Waals surface area contributed by atoms with E-state index in [9.17, 15) is 9.59 Å². The van der Waals surface area contributed by atoms with E-state index in [0.29, 0.717) is 0 Å². The Balaban J connectivity index is 2.01. The van der Waals surface area contributed by atoms with Crippen molar-refractivity contribution in [2.75, 3.05) is 13.1 Å². The average Bonchev–Trinajstić information content (AvgIpc) is 2.55. The van der Waals surface area contributed by atoms with Crippen molar-refractivity contribution in [3.63, 3.8) is 0 Å². The summed E-state index contributed by atoms with van der Waals surface area (Å²) in [5, 5.41) is 2.97. The second-order valence-electron chi connectivity index (χ2n) is 6.58. The molecule has 1 saturated heterocycles. The number of likely N-dealkylation sites (tertiary alicyclic amines) is 1. The van der Waals surface area contributed by atoms with Crippen LogP contribution in [0.25, 0.3) is 0 Å². The van der Waals surface area contributed by atoms with E-state index in [0.717, 1.165) is 31.5 Å². The number of carbonyl (C=O) groups is 2. The number of hydrogen-bond donors (Lipinski definition) is 1. The number of nitrogens with one attached hydrogen (secondary N) is 1. The smallest absolute Gasteiger partial charge is 0.237 e. The molecule has 0 radical (unpaired) electrons. The number of carbonyl (C=O) groups excluding carboxylic acids is 2. The van der Waals surface area contributed by atoms with Crippen molar-refractivity contribution in [2.24, 2.45) is 5.41 Å². The molecule has 0 aromatic heterocycles. The molecule has 22 heavy (non-hydrogen) atoms. The molecule has 1 atom stereocenters. The molecule has 1 aromatic carbocycles. The third-order valence-corrected chi connectivity index (χ3v) is 4.39. The molecule has 1 N–H and O–H groups in total. The predicted octanol–water partition coefficient (Wildman–Crippen LogP) is 2.90. The van der Waals surface area contributed by atoms with Crippen molar-refractivity contribution in [1.82, 2.24) is 10.2 Å². The molecule has 2 rings (SSSR count). The Morgan fingerprint density at radius 3 is 2.27 bits per heavy atom. The third kappa shape index (κ3) is 3.67. The Morgan fingerprint density at radius 2 is 1.68 bits per heavy atom. The zero-order valence-electron chi connectivity index (χ0n) is 13.8. The second kappa shape index (κ2) is 6.95. The largest absolute Gasteiger partial charge is 0.349 e. The minimum Gasteiger partial charge on any atom is -0.349 e. The van der Waals surface area contributed by atoms with Gasteiger partial charge in [-0.15, -0.1) is 0 Å². The minimum atomic E-state index is -1.03. The Labute approximate surface area is 132 Å². The first-order valence-corrected chi connectivity index (χ1v) is 8.08. The van der Waals surface area contributed by atoms with Crippen LogP contribution in [0.4, 0.5) is 0 Å². The van der Waals surface area contributed by atoms with Gasteiger partial charge in [-0.05, 0) is 45.6 Å². The van der Waals surface area contributed by atoms with Gasteiger partial charge in [0.25, 0.3) is 0 Å². The molecule has 1 aliphatic heterocycles. The van der Waals surface area contributed by atoms with Crippen LogP contribution in [-0.2, 0) is 9.59 Å². The maximum atomic E-state index is 12.6. The van der Waals surface area contributed by atoms with Gasteiger partial charge in [0.05, 0.1) is 6.04 Å². The number of benzene rings is 1. The highest BCUT2D eigenvalue weighted by atomic mass is 16.2. The molecule has 4 heteroatoms. The highest BCUT2D eigenvalue weighted by Gasteiger charge is 2.39. The van der Waals surface area contributed by atoms with E-state index in [4.69, 9.17) is 0 Å². The highest BCUT2D eigenvalue weighted by molar-refractivity contribution is 6.04. The SMILES string of the molecule is CC(NC(=O)C(C)(C)C(=O)N1CCCCC1)c1ccccc1. The van der Waals surface area contributed by atoms with Crippen molar-refractivity contribution < 1.29 is 9.59 Å². The molecule has 4 nitrogen and oxygen atoms in total. The fraction of sp³-hybridized carbons (Fsp3) is 0.556. The lowest BCUT2D eigenvalue weighted by atomic mass is 9.89. The Morgan fingerprint density at radius 1 is 1.09 bits per heavy atom. The van der Waals surface area contributed by atoms with Crippen LogP contribution in [0.1, 0.15) is 51.6 Å². The summed E-state index contributed by atoms with van der Waals surface area (Å²) in [7, 11) is 0. The van der Waals surface area contributed by atoms with Gasteiger partial charge >= 0.3 is 0 Å². The molecule has 0 saturated carbocycles. The van der Waals surface area contributed by atoms with Crippen molar-refractivity contribution >= 4 is 11.8 Å². The summed E-state index contributed by atoms with van der Waals surface area (Å²) < 4.78 is 0. The summed E-state index contributed by atoms with van der Waals surface area (Å²) in [5.41, 5.74) is 0.0116. The van der Waals surface area contributed by atoms with Gasteiger partial charge in [0.2, 0.25) is 11.8 Å². The van der Waals surface area contributed by atoms with Gasteiger partial charge in [0.15, 0.2) is 0 Å². The summed E-state index contributed by atoms with van der Waals surface area (Å²) in [4.78, 5) is 27.0. The summed E-state index contributed by atoms with van der Waals surface area (Å²) in [6.07, 6.45) is 3.23. The maximum Gasteiger partial charge on any atom is 0.237 e. The van der Waals surface area contributed by atoms with Crippen LogP contribution in [0, 0.1) is 5.41 Å². The molecule has 1 unspecified atom stereocenters. The molecule has 1 aliphatic rings. The zero-order valence-corrected chi connectivity index (χ0v) is 13.8. The van der Waals surface area contributed by atoms with E-state index in [1.54, 1.807) is 13.8 Å². The lowest BCUT2D eigenvalue weighted by Crippen LogP contribution is -2.51. The number of hydrogen-bond acceptors (Lipinski definition) is 2. The summed E-state index contributed by atoms with van der Waals surface area (Å²) >= 11 is 0. The molecule has 1 aromatic rings. The van der Waals surface area contributed by atoms with E-state index < -0.39 is 5.41 Å². The molecule has 1 fully saturated rings. The number of piperidine rings is 1. The number of amides is 2. The van der Waals surface area contributed by atoms with Crippen molar-refractivity contribution in [2.45, 2.75) is 46.1 Å². The second-order valence-corrected chi connectivity index (χ2v) is 6.58. The molecule has 0 spiro atoms. The monoisotopic (exact) mass is 302 g/mol. The zero-order chi connectivity index (χ0) is 16.2. The first-order valence-electron chi connectivity index (χ1n) is 8.08. The van der Waals surface area contributed by atoms with Crippen LogP contribution in [0.2, 0.25) is 0 Å². The van der Waals surface area contributed by atoms with Gasteiger partial charge in [-0.2, -0.15) is 0 Å². The van der Waals surface area contributed by atoms with Gasteiger partial charge in [-0.3, -0.25) is 9.59 Å². The summed E-state index contributed by atoms with van der Waals surface area (Å²) in [6, 6.07) is 9.68. The minimum absolute atomic E-state index is 0.0649.